The molecule has 0 saturated carbocycles. The van der Waals surface area contributed by atoms with Crippen molar-refractivity contribution in [3.8, 4) is 0 Å². The zero-order valence-electron chi connectivity index (χ0n) is 22.5. The lowest BCUT2D eigenvalue weighted by Crippen LogP contribution is -2.51. The van der Waals surface area contributed by atoms with E-state index in [-0.39, 0.29) is 19.0 Å². The molecule has 37 heavy (non-hydrogen) atoms. The summed E-state index contributed by atoms with van der Waals surface area (Å²) in [7, 11) is 0. The Kier molecular flexibility index (Phi) is 8.58. The number of amides is 3. The normalized spacial score (nSPS) is 12.5. The third kappa shape index (κ3) is 8.34. The summed E-state index contributed by atoms with van der Waals surface area (Å²) in [5, 5.41) is 7.58. The van der Waals surface area contributed by atoms with Gasteiger partial charge in [-0.1, -0.05) is 66.7 Å². The SMILES string of the molecule is CC(C)(C)NC(=O)C(c1ccc2ccccc2c1)N(Cc1ccccc1)C(=O)CNC(=O)OC(C)(C)C. The highest BCUT2D eigenvalue weighted by atomic mass is 16.6. The van der Waals surface area contributed by atoms with E-state index in [1.54, 1.807) is 20.8 Å². The van der Waals surface area contributed by atoms with Gasteiger partial charge in [-0.05, 0) is 69.5 Å². The Balaban J connectivity index is 2.02. The number of hydrogen-bond donors (Lipinski definition) is 2. The molecule has 3 aromatic rings. The molecule has 3 aromatic carbocycles. The van der Waals surface area contributed by atoms with Gasteiger partial charge in [-0.15, -0.1) is 0 Å². The van der Waals surface area contributed by atoms with Crippen LogP contribution in [0.15, 0.2) is 72.8 Å². The van der Waals surface area contributed by atoms with Gasteiger partial charge in [0.05, 0.1) is 0 Å². The average Bonchev–Trinajstić information content (AvgIpc) is 2.80. The van der Waals surface area contributed by atoms with Gasteiger partial charge in [-0.3, -0.25) is 9.59 Å². The number of fused-ring (bicyclic) bond motifs is 1. The zero-order chi connectivity index (χ0) is 27.2. The van der Waals surface area contributed by atoms with Crippen molar-refractivity contribution in [2.75, 3.05) is 6.54 Å². The Morgan fingerprint density at radius 2 is 1.46 bits per heavy atom. The third-order valence-electron chi connectivity index (χ3n) is 5.45. The Bertz CT molecular complexity index is 1240. The molecule has 0 aliphatic heterocycles. The molecule has 3 rings (SSSR count). The van der Waals surface area contributed by atoms with Crippen LogP contribution in [0.25, 0.3) is 10.8 Å². The van der Waals surface area contributed by atoms with Crippen LogP contribution in [0, 0.1) is 0 Å². The van der Waals surface area contributed by atoms with Crippen molar-refractivity contribution in [2.24, 2.45) is 0 Å². The second kappa shape index (κ2) is 11.5. The molecule has 0 spiro atoms. The maximum atomic E-state index is 13.7. The van der Waals surface area contributed by atoms with Crippen LogP contribution in [-0.4, -0.2) is 40.5 Å². The first-order valence-electron chi connectivity index (χ1n) is 12.4. The van der Waals surface area contributed by atoms with E-state index in [9.17, 15) is 14.4 Å². The van der Waals surface area contributed by atoms with Crippen LogP contribution in [0.4, 0.5) is 4.79 Å². The third-order valence-corrected chi connectivity index (χ3v) is 5.45. The van der Waals surface area contributed by atoms with Crippen molar-refractivity contribution in [1.29, 1.82) is 0 Å². The van der Waals surface area contributed by atoms with Crippen molar-refractivity contribution in [2.45, 2.75) is 65.3 Å². The second-order valence-corrected chi connectivity index (χ2v) is 11.1. The number of ether oxygens (including phenoxy) is 1. The molecular formula is C30H37N3O4. The van der Waals surface area contributed by atoms with Gasteiger partial charge in [0.25, 0.3) is 0 Å². The molecule has 0 bridgehead atoms. The average molecular weight is 504 g/mol. The minimum absolute atomic E-state index is 0.185. The number of benzene rings is 3. The summed E-state index contributed by atoms with van der Waals surface area (Å²) in [6.07, 6.45) is -0.693. The van der Waals surface area contributed by atoms with E-state index < -0.39 is 29.2 Å². The van der Waals surface area contributed by atoms with E-state index in [2.05, 4.69) is 10.6 Å². The first-order chi connectivity index (χ1) is 17.3. The Labute approximate surface area is 219 Å². The molecule has 196 valence electrons. The summed E-state index contributed by atoms with van der Waals surface area (Å²) in [4.78, 5) is 41.2. The van der Waals surface area contributed by atoms with Gasteiger partial charge in [0.1, 0.15) is 18.2 Å². The van der Waals surface area contributed by atoms with Crippen molar-refractivity contribution in [1.82, 2.24) is 15.5 Å². The second-order valence-electron chi connectivity index (χ2n) is 11.1. The highest BCUT2D eigenvalue weighted by molar-refractivity contribution is 5.92. The number of nitrogens with one attached hydrogen (secondary N) is 2. The predicted molar refractivity (Wildman–Crippen MR) is 146 cm³/mol. The molecule has 0 radical (unpaired) electrons. The van der Waals surface area contributed by atoms with E-state index in [0.717, 1.165) is 16.3 Å². The van der Waals surface area contributed by atoms with Gasteiger partial charge in [0, 0.05) is 12.1 Å². The van der Waals surface area contributed by atoms with E-state index in [1.165, 1.54) is 4.90 Å². The van der Waals surface area contributed by atoms with E-state index in [4.69, 9.17) is 4.74 Å². The summed E-state index contributed by atoms with van der Waals surface area (Å²) in [5.41, 5.74) is 0.337. The van der Waals surface area contributed by atoms with Gasteiger partial charge in [-0.2, -0.15) is 0 Å². The standard InChI is InChI=1S/C30H37N3O4/c1-29(2,3)32-27(35)26(24-17-16-22-14-10-11-15-23(22)18-24)33(20-21-12-8-7-9-13-21)25(34)19-31-28(36)37-30(4,5)6/h7-18,26H,19-20H2,1-6H3,(H,31,36)(H,32,35). The molecular weight excluding hydrogens is 466 g/mol. The van der Waals surface area contributed by atoms with Crippen LogP contribution in [0.2, 0.25) is 0 Å². The van der Waals surface area contributed by atoms with Crippen molar-refractivity contribution in [3.05, 3.63) is 83.9 Å². The van der Waals surface area contributed by atoms with Crippen LogP contribution in [0.5, 0.6) is 0 Å². The fourth-order valence-electron chi connectivity index (χ4n) is 3.96. The van der Waals surface area contributed by atoms with Crippen molar-refractivity contribution >= 4 is 28.7 Å². The van der Waals surface area contributed by atoms with Crippen LogP contribution in [0.3, 0.4) is 0 Å². The number of hydrogen-bond acceptors (Lipinski definition) is 4. The van der Waals surface area contributed by atoms with E-state index in [1.807, 2.05) is 93.6 Å². The minimum Gasteiger partial charge on any atom is -0.444 e. The number of alkyl carbamates (subject to hydrolysis) is 1. The van der Waals surface area contributed by atoms with E-state index in [0.29, 0.717) is 5.56 Å². The Hall–Kier alpha value is -3.87. The lowest BCUT2D eigenvalue weighted by atomic mass is 9.98. The van der Waals surface area contributed by atoms with Crippen LogP contribution in [0.1, 0.15) is 58.7 Å². The zero-order valence-corrected chi connectivity index (χ0v) is 22.5. The lowest BCUT2D eigenvalue weighted by Gasteiger charge is -2.34. The van der Waals surface area contributed by atoms with Crippen LogP contribution in [-0.2, 0) is 20.9 Å². The molecule has 0 aromatic heterocycles. The Morgan fingerprint density at radius 1 is 0.838 bits per heavy atom. The summed E-state index contributed by atoms with van der Waals surface area (Å²) in [6, 6.07) is 22.2. The molecule has 1 unspecified atom stereocenters. The maximum Gasteiger partial charge on any atom is 0.408 e. The monoisotopic (exact) mass is 503 g/mol. The molecule has 3 amide bonds. The summed E-state index contributed by atoms with van der Waals surface area (Å²) >= 11 is 0. The first kappa shape index (κ1) is 27.7. The quantitative estimate of drug-likeness (QED) is 0.455. The van der Waals surface area contributed by atoms with Gasteiger partial charge in [0.15, 0.2) is 0 Å². The molecule has 7 nitrogen and oxygen atoms in total. The molecule has 0 fully saturated rings. The van der Waals surface area contributed by atoms with Crippen LogP contribution < -0.4 is 10.6 Å². The number of carbonyl (C=O) groups is 3. The first-order valence-corrected chi connectivity index (χ1v) is 12.4. The van der Waals surface area contributed by atoms with Crippen LogP contribution >= 0.6 is 0 Å². The molecule has 0 aliphatic carbocycles. The lowest BCUT2D eigenvalue weighted by molar-refractivity contribution is -0.141. The number of nitrogens with zero attached hydrogens (tertiary/aromatic N) is 1. The topological polar surface area (TPSA) is 87.7 Å². The van der Waals surface area contributed by atoms with E-state index >= 15 is 0 Å². The molecule has 2 N–H and O–H groups in total. The van der Waals surface area contributed by atoms with Gasteiger partial charge in [0.2, 0.25) is 11.8 Å². The maximum absolute atomic E-state index is 13.7. The largest absolute Gasteiger partial charge is 0.444 e. The highest BCUT2D eigenvalue weighted by Gasteiger charge is 2.33. The smallest absolute Gasteiger partial charge is 0.408 e. The highest BCUT2D eigenvalue weighted by Crippen LogP contribution is 2.28. The number of carbonyl (C=O) groups excluding carboxylic acids is 3. The molecule has 7 heteroatoms. The molecule has 1 atom stereocenters. The Morgan fingerprint density at radius 3 is 2.08 bits per heavy atom. The predicted octanol–water partition coefficient (Wildman–Crippen LogP) is 5.35. The summed E-state index contributed by atoms with van der Waals surface area (Å²) in [5.74, 6) is -0.707. The molecule has 0 aliphatic rings. The minimum atomic E-state index is -0.919. The molecule has 0 saturated heterocycles. The van der Waals surface area contributed by atoms with Gasteiger partial charge < -0.3 is 20.3 Å². The van der Waals surface area contributed by atoms with Gasteiger partial charge >= 0.3 is 6.09 Å². The van der Waals surface area contributed by atoms with Crippen molar-refractivity contribution in [3.63, 3.8) is 0 Å². The fraction of sp³-hybridized carbons (Fsp3) is 0.367. The summed E-state index contributed by atoms with van der Waals surface area (Å²) in [6.45, 7) is 10.8. The number of rotatable bonds is 7. The molecule has 0 heterocycles. The van der Waals surface area contributed by atoms with Crippen molar-refractivity contribution < 1.29 is 19.1 Å². The summed E-state index contributed by atoms with van der Waals surface area (Å²) < 4.78 is 5.29. The van der Waals surface area contributed by atoms with Gasteiger partial charge in [-0.25, -0.2) is 4.79 Å². The fourth-order valence-corrected chi connectivity index (χ4v) is 3.96.